The third-order valence-electron chi connectivity index (χ3n) is 2.80. The van der Waals surface area contributed by atoms with Crippen molar-refractivity contribution < 1.29 is 23.9 Å². The first kappa shape index (κ1) is 15.0. The molecule has 0 spiro atoms. The summed E-state index contributed by atoms with van der Waals surface area (Å²) in [5.41, 5.74) is 0. The molecular weight excluding hydrogens is 304 g/mol. The van der Waals surface area contributed by atoms with Crippen molar-refractivity contribution in [3.63, 3.8) is 0 Å². The van der Waals surface area contributed by atoms with Crippen molar-refractivity contribution >= 4 is 40.7 Å². The highest BCUT2D eigenvalue weighted by Gasteiger charge is 2.34. The minimum Gasteiger partial charge on any atom is -0.460 e. The minimum atomic E-state index is -0.844. The Kier molecular flexibility index (Phi) is 4.77. The molecule has 1 aliphatic heterocycles. The Morgan fingerprint density at radius 3 is 2.75 bits per heavy atom. The van der Waals surface area contributed by atoms with E-state index in [-0.39, 0.29) is 24.7 Å². The van der Waals surface area contributed by atoms with Gasteiger partial charge in [-0.2, -0.15) is 0 Å². The largest absolute Gasteiger partial charge is 0.460 e. The fourth-order valence-corrected chi connectivity index (χ4v) is 2.85. The predicted octanol–water partition coefficient (Wildman–Crippen LogP) is 2.61. The smallest absolute Gasteiger partial charge is 0.347 e. The van der Waals surface area contributed by atoms with Crippen LogP contribution >= 0.6 is 22.9 Å². The van der Waals surface area contributed by atoms with E-state index in [2.05, 4.69) is 0 Å². The molecule has 0 saturated carbocycles. The number of thiophene rings is 1. The van der Waals surface area contributed by atoms with E-state index in [4.69, 9.17) is 21.1 Å². The second-order valence-corrected chi connectivity index (χ2v) is 6.20. The summed E-state index contributed by atoms with van der Waals surface area (Å²) in [4.78, 5) is 35.2. The number of esters is 2. The Balaban J connectivity index is 1.78. The van der Waals surface area contributed by atoms with E-state index in [1.807, 2.05) is 0 Å². The molecule has 108 valence electrons. The van der Waals surface area contributed by atoms with Crippen molar-refractivity contribution in [2.24, 2.45) is 0 Å². The molecule has 1 saturated heterocycles. The van der Waals surface area contributed by atoms with Gasteiger partial charge in [-0.05, 0) is 19.1 Å². The first-order chi connectivity index (χ1) is 9.45. The van der Waals surface area contributed by atoms with Gasteiger partial charge >= 0.3 is 11.9 Å². The number of rotatable bonds is 5. The first-order valence-electron chi connectivity index (χ1n) is 6.14. The van der Waals surface area contributed by atoms with Gasteiger partial charge in [0, 0.05) is 12.8 Å². The molecule has 5 nitrogen and oxygen atoms in total. The van der Waals surface area contributed by atoms with E-state index in [1.165, 1.54) is 11.3 Å². The summed E-state index contributed by atoms with van der Waals surface area (Å²) in [5.74, 6) is -1.26. The molecule has 1 aromatic heterocycles. The van der Waals surface area contributed by atoms with Gasteiger partial charge in [-0.3, -0.25) is 9.59 Å². The zero-order valence-electron chi connectivity index (χ0n) is 10.8. The Labute approximate surface area is 124 Å². The molecule has 1 aliphatic rings. The van der Waals surface area contributed by atoms with Crippen molar-refractivity contribution in [2.45, 2.75) is 38.4 Å². The van der Waals surface area contributed by atoms with Crippen LogP contribution in [0.4, 0.5) is 0 Å². The highest BCUT2D eigenvalue weighted by molar-refractivity contribution is 7.18. The second-order valence-electron chi connectivity index (χ2n) is 4.49. The quantitative estimate of drug-likeness (QED) is 0.617. The van der Waals surface area contributed by atoms with Gasteiger partial charge in [-0.1, -0.05) is 11.6 Å². The number of carbonyl (C=O) groups is 3. The van der Waals surface area contributed by atoms with Crippen LogP contribution in [0.5, 0.6) is 0 Å². The molecule has 2 unspecified atom stereocenters. The topological polar surface area (TPSA) is 69.7 Å². The van der Waals surface area contributed by atoms with Crippen LogP contribution in [0.25, 0.3) is 0 Å². The molecular formula is C13H13ClO5S. The fraction of sp³-hybridized carbons (Fsp3) is 0.462. The van der Waals surface area contributed by atoms with E-state index in [9.17, 15) is 14.4 Å². The number of halogens is 1. The standard InChI is InChI=1S/C13H13ClO5S/c1-7-6-9(13(17)18-7)19-12(16)5-2-8(15)10-3-4-11(14)20-10/h3-4,7,9H,2,5-6H2,1H3. The molecule has 0 aliphatic carbocycles. The molecule has 7 heteroatoms. The second kappa shape index (κ2) is 6.37. The van der Waals surface area contributed by atoms with Gasteiger partial charge in [0.25, 0.3) is 0 Å². The van der Waals surface area contributed by atoms with Crippen LogP contribution in [0.2, 0.25) is 4.34 Å². The summed E-state index contributed by atoms with van der Waals surface area (Å²) in [6, 6.07) is 3.25. The third kappa shape index (κ3) is 3.80. The van der Waals surface area contributed by atoms with Gasteiger partial charge < -0.3 is 9.47 Å². The van der Waals surface area contributed by atoms with Crippen molar-refractivity contribution in [3.05, 3.63) is 21.3 Å². The average Bonchev–Trinajstić information content (AvgIpc) is 2.93. The van der Waals surface area contributed by atoms with Crippen LogP contribution in [-0.4, -0.2) is 29.9 Å². The number of ether oxygens (including phenoxy) is 2. The lowest BCUT2D eigenvalue weighted by molar-refractivity contribution is -0.160. The van der Waals surface area contributed by atoms with E-state index in [0.29, 0.717) is 15.6 Å². The maximum atomic E-state index is 11.8. The van der Waals surface area contributed by atoms with Crippen LogP contribution in [0, 0.1) is 0 Å². The lowest BCUT2D eigenvalue weighted by Crippen LogP contribution is -2.22. The molecule has 2 heterocycles. The van der Waals surface area contributed by atoms with Crippen LogP contribution in [-0.2, 0) is 19.1 Å². The Morgan fingerprint density at radius 1 is 1.45 bits per heavy atom. The highest BCUT2D eigenvalue weighted by atomic mass is 35.5. The monoisotopic (exact) mass is 316 g/mol. The number of cyclic esters (lactones) is 1. The zero-order valence-corrected chi connectivity index (χ0v) is 12.3. The summed E-state index contributed by atoms with van der Waals surface area (Å²) in [6.07, 6.45) is -0.752. The van der Waals surface area contributed by atoms with Gasteiger partial charge in [-0.15, -0.1) is 11.3 Å². The van der Waals surface area contributed by atoms with Crippen molar-refractivity contribution in [2.75, 3.05) is 0 Å². The molecule has 2 rings (SSSR count). The molecule has 1 fully saturated rings. The molecule has 1 aromatic rings. The van der Waals surface area contributed by atoms with Crippen molar-refractivity contribution in [1.29, 1.82) is 0 Å². The lowest BCUT2D eigenvalue weighted by Gasteiger charge is -2.07. The maximum Gasteiger partial charge on any atom is 0.347 e. The summed E-state index contributed by atoms with van der Waals surface area (Å²) in [6.45, 7) is 1.73. The van der Waals surface area contributed by atoms with Gasteiger partial charge in [0.1, 0.15) is 6.10 Å². The zero-order chi connectivity index (χ0) is 14.7. The van der Waals surface area contributed by atoms with Crippen molar-refractivity contribution in [1.82, 2.24) is 0 Å². The Bertz CT molecular complexity index is 539. The number of ketones is 1. The van der Waals surface area contributed by atoms with Gasteiger partial charge in [-0.25, -0.2) is 4.79 Å². The molecule has 2 atom stereocenters. The van der Waals surface area contributed by atoms with Crippen LogP contribution < -0.4 is 0 Å². The molecule has 0 amide bonds. The summed E-state index contributed by atoms with van der Waals surface area (Å²) in [7, 11) is 0. The first-order valence-corrected chi connectivity index (χ1v) is 7.33. The predicted molar refractivity (Wildman–Crippen MR) is 72.9 cm³/mol. The van der Waals surface area contributed by atoms with Gasteiger partial charge in [0.05, 0.1) is 15.6 Å². The normalized spacial score (nSPS) is 21.6. The highest BCUT2D eigenvalue weighted by Crippen LogP contribution is 2.23. The molecule has 0 bridgehead atoms. The fourth-order valence-electron chi connectivity index (χ4n) is 1.84. The van der Waals surface area contributed by atoms with E-state index in [0.717, 1.165) is 0 Å². The molecule has 20 heavy (non-hydrogen) atoms. The average molecular weight is 317 g/mol. The summed E-state index contributed by atoms with van der Waals surface area (Å²) < 4.78 is 10.4. The number of Topliss-reactive ketones (excluding diaryl/α,β-unsaturated/α-hetero) is 1. The van der Waals surface area contributed by atoms with E-state index in [1.54, 1.807) is 19.1 Å². The number of hydrogen-bond acceptors (Lipinski definition) is 6. The number of hydrogen-bond donors (Lipinski definition) is 0. The van der Waals surface area contributed by atoms with Crippen molar-refractivity contribution in [3.8, 4) is 0 Å². The van der Waals surface area contributed by atoms with E-state index < -0.39 is 18.0 Å². The van der Waals surface area contributed by atoms with Crippen LogP contribution in [0.3, 0.4) is 0 Å². The summed E-state index contributed by atoms with van der Waals surface area (Å²) >= 11 is 6.90. The molecule has 0 radical (unpaired) electrons. The third-order valence-corrected chi connectivity index (χ3v) is 4.08. The van der Waals surface area contributed by atoms with Gasteiger partial charge in [0.2, 0.25) is 6.10 Å². The van der Waals surface area contributed by atoms with Gasteiger partial charge in [0.15, 0.2) is 5.78 Å². The Hall–Kier alpha value is -1.40. The maximum absolute atomic E-state index is 11.8. The van der Waals surface area contributed by atoms with E-state index >= 15 is 0 Å². The molecule has 0 aromatic carbocycles. The SMILES string of the molecule is CC1CC(OC(=O)CCC(=O)c2ccc(Cl)s2)C(=O)O1. The van der Waals surface area contributed by atoms with Crippen LogP contribution in [0.15, 0.2) is 12.1 Å². The minimum absolute atomic E-state index is 0.0347. The summed E-state index contributed by atoms with van der Waals surface area (Å²) in [5, 5.41) is 0. The Morgan fingerprint density at radius 2 is 2.20 bits per heavy atom. The molecule has 0 N–H and O–H groups in total. The van der Waals surface area contributed by atoms with Crippen LogP contribution in [0.1, 0.15) is 35.9 Å². The number of carbonyl (C=O) groups excluding carboxylic acids is 3. The lowest BCUT2D eigenvalue weighted by atomic mass is 10.2.